The van der Waals surface area contributed by atoms with E-state index in [0.717, 1.165) is 25.7 Å². The van der Waals surface area contributed by atoms with E-state index in [0.29, 0.717) is 11.5 Å². The number of hydrogen-bond acceptors (Lipinski definition) is 2. The molecular weight excluding hydrogens is 248 g/mol. The molecule has 0 heterocycles. The van der Waals surface area contributed by atoms with Gasteiger partial charge in [0.15, 0.2) is 0 Å². The number of hydrogen-bond donors (Lipinski definition) is 2. The first kappa shape index (κ1) is 17.7. The van der Waals surface area contributed by atoms with Gasteiger partial charge in [0, 0.05) is 6.04 Å². The van der Waals surface area contributed by atoms with Crippen LogP contribution in [0.1, 0.15) is 66.2 Å². The van der Waals surface area contributed by atoms with E-state index in [-0.39, 0.29) is 18.3 Å². The molecule has 0 aromatic heterocycles. The molecule has 1 fully saturated rings. The van der Waals surface area contributed by atoms with E-state index >= 15 is 0 Å². The Morgan fingerprint density at radius 1 is 1.39 bits per heavy atom. The van der Waals surface area contributed by atoms with Gasteiger partial charge < -0.3 is 11.1 Å². The molecule has 0 bridgehead atoms. The average Bonchev–Trinajstić information content (AvgIpc) is 2.21. The van der Waals surface area contributed by atoms with Gasteiger partial charge in [-0.25, -0.2) is 0 Å². The van der Waals surface area contributed by atoms with Crippen molar-refractivity contribution in [2.45, 2.75) is 77.8 Å². The van der Waals surface area contributed by atoms with Gasteiger partial charge in [-0.2, -0.15) is 0 Å². The lowest BCUT2D eigenvalue weighted by Crippen LogP contribution is -2.54. The zero-order valence-electron chi connectivity index (χ0n) is 12.2. The third-order valence-corrected chi connectivity index (χ3v) is 3.96. The molecule has 108 valence electrons. The number of rotatable bonds is 4. The molecule has 0 aromatic rings. The van der Waals surface area contributed by atoms with Gasteiger partial charge in [-0.3, -0.25) is 4.79 Å². The van der Waals surface area contributed by atoms with Crippen molar-refractivity contribution in [3.05, 3.63) is 0 Å². The van der Waals surface area contributed by atoms with E-state index in [1.807, 2.05) is 6.92 Å². The molecule has 0 aliphatic heterocycles. The maximum atomic E-state index is 12.0. The second-order valence-corrected chi connectivity index (χ2v) is 6.58. The highest BCUT2D eigenvalue weighted by Gasteiger charge is 2.32. The molecule has 0 radical (unpaired) electrons. The fourth-order valence-corrected chi connectivity index (χ4v) is 2.53. The van der Waals surface area contributed by atoms with E-state index in [4.69, 9.17) is 5.73 Å². The SMILES string of the molecule is CCCC(C)(N)C(=O)NC1CCC(C)(C)CC1.Cl. The van der Waals surface area contributed by atoms with Gasteiger partial charge in [0.2, 0.25) is 5.91 Å². The second kappa shape index (κ2) is 6.76. The molecule has 3 N–H and O–H groups in total. The predicted octanol–water partition coefficient (Wildman–Crippen LogP) is 3.01. The van der Waals surface area contributed by atoms with Crippen molar-refractivity contribution in [2.75, 3.05) is 0 Å². The molecule has 1 rings (SSSR count). The Labute approximate surface area is 118 Å². The maximum absolute atomic E-state index is 12.0. The summed E-state index contributed by atoms with van der Waals surface area (Å²) in [6.45, 7) is 8.49. The largest absolute Gasteiger partial charge is 0.352 e. The van der Waals surface area contributed by atoms with E-state index in [2.05, 4.69) is 26.1 Å². The Morgan fingerprint density at radius 3 is 2.33 bits per heavy atom. The van der Waals surface area contributed by atoms with Crippen molar-refractivity contribution in [1.82, 2.24) is 5.32 Å². The van der Waals surface area contributed by atoms with Crippen molar-refractivity contribution in [3.63, 3.8) is 0 Å². The number of nitrogens with one attached hydrogen (secondary N) is 1. The average molecular weight is 277 g/mol. The number of halogens is 1. The van der Waals surface area contributed by atoms with E-state index in [9.17, 15) is 4.79 Å². The summed E-state index contributed by atoms with van der Waals surface area (Å²) in [6, 6.07) is 0.329. The number of amides is 1. The lowest BCUT2D eigenvalue weighted by molar-refractivity contribution is -0.127. The van der Waals surface area contributed by atoms with E-state index < -0.39 is 5.54 Å². The molecule has 1 aliphatic carbocycles. The van der Waals surface area contributed by atoms with Crippen molar-refractivity contribution in [1.29, 1.82) is 0 Å². The van der Waals surface area contributed by atoms with Gasteiger partial charge in [-0.1, -0.05) is 27.2 Å². The Hall–Kier alpha value is -0.280. The van der Waals surface area contributed by atoms with Crippen LogP contribution in [0, 0.1) is 5.41 Å². The standard InChI is InChI=1S/C14H28N2O.ClH/c1-5-8-14(4,15)12(17)16-11-6-9-13(2,3)10-7-11;/h11H,5-10,15H2,1-4H3,(H,16,17);1H. The normalized spacial score (nSPS) is 22.7. The zero-order valence-corrected chi connectivity index (χ0v) is 13.0. The minimum absolute atomic E-state index is 0. The third kappa shape index (κ3) is 5.15. The van der Waals surface area contributed by atoms with Gasteiger partial charge in [-0.05, 0) is 44.4 Å². The highest BCUT2D eigenvalue weighted by Crippen LogP contribution is 2.35. The second-order valence-electron chi connectivity index (χ2n) is 6.58. The molecule has 18 heavy (non-hydrogen) atoms. The van der Waals surface area contributed by atoms with Gasteiger partial charge in [0.05, 0.1) is 5.54 Å². The van der Waals surface area contributed by atoms with Crippen LogP contribution < -0.4 is 11.1 Å². The summed E-state index contributed by atoms with van der Waals surface area (Å²) in [7, 11) is 0. The lowest BCUT2D eigenvalue weighted by Gasteiger charge is -2.36. The van der Waals surface area contributed by atoms with Crippen LogP contribution in [0.2, 0.25) is 0 Å². The van der Waals surface area contributed by atoms with Gasteiger partial charge >= 0.3 is 0 Å². The summed E-state index contributed by atoms with van der Waals surface area (Å²) in [5, 5.41) is 3.12. The van der Waals surface area contributed by atoms with Crippen LogP contribution in [-0.4, -0.2) is 17.5 Å². The van der Waals surface area contributed by atoms with Crippen LogP contribution in [0.4, 0.5) is 0 Å². The molecule has 1 unspecified atom stereocenters. The van der Waals surface area contributed by atoms with Gasteiger partial charge in [0.25, 0.3) is 0 Å². The van der Waals surface area contributed by atoms with E-state index in [1.165, 1.54) is 12.8 Å². The first-order valence-corrected chi connectivity index (χ1v) is 6.87. The van der Waals surface area contributed by atoms with Crippen molar-refractivity contribution in [3.8, 4) is 0 Å². The summed E-state index contributed by atoms with van der Waals surface area (Å²) >= 11 is 0. The predicted molar refractivity (Wildman–Crippen MR) is 78.9 cm³/mol. The monoisotopic (exact) mass is 276 g/mol. The van der Waals surface area contributed by atoms with Crippen LogP contribution in [0.15, 0.2) is 0 Å². The minimum atomic E-state index is -0.707. The van der Waals surface area contributed by atoms with Crippen LogP contribution in [0.3, 0.4) is 0 Å². The Bertz CT molecular complexity index is 267. The Morgan fingerprint density at radius 2 is 1.89 bits per heavy atom. The van der Waals surface area contributed by atoms with Crippen LogP contribution in [0.25, 0.3) is 0 Å². The number of carbonyl (C=O) groups is 1. The molecule has 3 nitrogen and oxygen atoms in total. The number of carbonyl (C=O) groups excluding carboxylic acids is 1. The Balaban J connectivity index is 0.00000289. The van der Waals surface area contributed by atoms with Gasteiger partial charge in [0.1, 0.15) is 0 Å². The minimum Gasteiger partial charge on any atom is -0.352 e. The Kier molecular flexibility index (Phi) is 6.66. The summed E-state index contributed by atoms with van der Waals surface area (Å²) in [6.07, 6.45) is 6.23. The highest BCUT2D eigenvalue weighted by atomic mass is 35.5. The fraction of sp³-hybridized carbons (Fsp3) is 0.929. The summed E-state index contributed by atoms with van der Waals surface area (Å²) < 4.78 is 0. The van der Waals surface area contributed by atoms with Crippen molar-refractivity contribution >= 4 is 18.3 Å². The number of nitrogens with two attached hydrogens (primary N) is 1. The van der Waals surface area contributed by atoms with Gasteiger partial charge in [-0.15, -0.1) is 12.4 Å². The first-order valence-electron chi connectivity index (χ1n) is 6.87. The van der Waals surface area contributed by atoms with Crippen LogP contribution >= 0.6 is 12.4 Å². The first-order chi connectivity index (χ1) is 7.77. The van der Waals surface area contributed by atoms with Crippen molar-refractivity contribution in [2.24, 2.45) is 11.1 Å². The molecule has 1 atom stereocenters. The fourth-order valence-electron chi connectivity index (χ4n) is 2.53. The maximum Gasteiger partial charge on any atom is 0.240 e. The van der Waals surface area contributed by atoms with Crippen LogP contribution in [-0.2, 0) is 4.79 Å². The molecular formula is C14H29ClN2O. The molecule has 1 aliphatic rings. The summed E-state index contributed by atoms with van der Waals surface area (Å²) in [5.41, 5.74) is 5.76. The topological polar surface area (TPSA) is 55.1 Å². The molecule has 0 saturated heterocycles. The van der Waals surface area contributed by atoms with E-state index in [1.54, 1.807) is 0 Å². The quantitative estimate of drug-likeness (QED) is 0.829. The molecule has 4 heteroatoms. The smallest absolute Gasteiger partial charge is 0.240 e. The van der Waals surface area contributed by atoms with Crippen LogP contribution in [0.5, 0.6) is 0 Å². The highest BCUT2D eigenvalue weighted by molar-refractivity contribution is 5.86. The third-order valence-electron chi connectivity index (χ3n) is 3.96. The molecule has 0 aromatic carbocycles. The summed E-state index contributed by atoms with van der Waals surface area (Å²) in [4.78, 5) is 12.0. The molecule has 1 saturated carbocycles. The summed E-state index contributed by atoms with van der Waals surface area (Å²) in [5.74, 6) is 0.0176. The lowest BCUT2D eigenvalue weighted by atomic mass is 9.75. The van der Waals surface area contributed by atoms with Crippen molar-refractivity contribution < 1.29 is 4.79 Å². The molecule has 1 amide bonds. The zero-order chi connectivity index (χ0) is 13.1. The molecule has 0 spiro atoms.